The van der Waals surface area contributed by atoms with Gasteiger partial charge in [0, 0.05) is 26.0 Å². The number of hydrogen-bond donors (Lipinski definition) is 0. The van der Waals surface area contributed by atoms with Gasteiger partial charge in [-0.25, -0.2) is 4.39 Å². The first-order chi connectivity index (χ1) is 10.5. The number of halogens is 1. The lowest BCUT2D eigenvalue weighted by atomic mass is 10.2. The summed E-state index contributed by atoms with van der Waals surface area (Å²) in [6, 6.07) is 6.29. The van der Waals surface area contributed by atoms with E-state index in [-0.39, 0.29) is 18.3 Å². The molecule has 0 radical (unpaired) electrons. The van der Waals surface area contributed by atoms with Crippen LogP contribution >= 0.6 is 0 Å². The maximum atomic E-state index is 12.9. The molecule has 1 heterocycles. The normalized spacial score (nSPS) is 10.7. The predicted molar refractivity (Wildman–Crippen MR) is 81.2 cm³/mol. The van der Waals surface area contributed by atoms with Crippen molar-refractivity contribution in [2.24, 2.45) is 0 Å². The van der Waals surface area contributed by atoms with Gasteiger partial charge in [-0.15, -0.1) is 0 Å². The van der Waals surface area contributed by atoms with Gasteiger partial charge in [0.1, 0.15) is 5.82 Å². The Bertz CT molecular complexity index is 603. The molecule has 1 aromatic carbocycles. The second-order valence-electron chi connectivity index (χ2n) is 5.25. The van der Waals surface area contributed by atoms with Gasteiger partial charge in [0.2, 0.25) is 5.91 Å². The smallest absolute Gasteiger partial charge is 0.236 e. The number of rotatable bonds is 6. The van der Waals surface area contributed by atoms with Crippen molar-refractivity contribution in [2.45, 2.75) is 13.1 Å². The second-order valence-corrected chi connectivity index (χ2v) is 5.25. The van der Waals surface area contributed by atoms with E-state index in [9.17, 15) is 9.18 Å². The average molecular weight is 302 g/mol. The molecule has 1 amide bonds. The zero-order valence-corrected chi connectivity index (χ0v) is 12.7. The van der Waals surface area contributed by atoms with Crippen molar-refractivity contribution >= 4 is 5.91 Å². The number of carbonyl (C=O) groups is 1. The molecule has 0 bridgehead atoms. The van der Waals surface area contributed by atoms with Gasteiger partial charge in [0.05, 0.1) is 25.0 Å². The molecule has 0 atom stereocenters. The largest absolute Gasteiger partial charge is 0.339 e. The first-order valence-corrected chi connectivity index (χ1v) is 6.96. The number of amides is 1. The van der Waals surface area contributed by atoms with Gasteiger partial charge in [-0.1, -0.05) is 12.1 Å². The van der Waals surface area contributed by atoms with E-state index in [1.807, 2.05) is 11.9 Å². The van der Waals surface area contributed by atoms with Crippen LogP contribution < -0.4 is 0 Å². The van der Waals surface area contributed by atoms with E-state index in [1.54, 1.807) is 42.7 Å². The molecule has 0 N–H and O–H groups in total. The van der Waals surface area contributed by atoms with E-state index in [4.69, 9.17) is 0 Å². The van der Waals surface area contributed by atoms with Crippen LogP contribution in [0.3, 0.4) is 0 Å². The van der Waals surface area contributed by atoms with E-state index in [0.717, 1.165) is 11.3 Å². The van der Waals surface area contributed by atoms with Crippen LogP contribution in [0, 0.1) is 5.82 Å². The quantitative estimate of drug-likeness (QED) is 0.815. The van der Waals surface area contributed by atoms with Crippen LogP contribution in [0.15, 0.2) is 42.9 Å². The number of carbonyl (C=O) groups excluding carboxylic acids is 1. The van der Waals surface area contributed by atoms with Crippen molar-refractivity contribution in [1.29, 1.82) is 0 Å². The van der Waals surface area contributed by atoms with E-state index in [2.05, 4.69) is 9.97 Å². The lowest BCUT2D eigenvalue weighted by Crippen LogP contribution is -2.36. The van der Waals surface area contributed by atoms with Gasteiger partial charge in [0.25, 0.3) is 0 Å². The minimum absolute atomic E-state index is 0.00438. The molecule has 5 nitrogen and oxygen atoms in total. The van der Waals surface area contributed by atoms with Crippen molar-refractivity contribution in [3.05, 3.63) is 59.9 Å². The summed E-state index contributed by atoms with van der Waals surface area (Å²) in [7, 11) is 3.60. The SMILES string of the molecule is CN(CC(=O)N(C)Cc1cnccn1)Cc1ccc(F)cc1. The number of hydrogen-bond acceptors (Lipinski definition) is 4. The molecule has 0 aliphatic carbocycles. The molecule has 2 rings (SSSR count). The van der Waals surface area contributed by atoms with Crippen LogP contribution in [0.2, 0.25) is 0 Å². The molecule has 0 saturated heterocycles. The van der Waals surface area contributed by atoms with E-state index >= 15 is 0 Å². The number of likely N-dealkylation sites (N-methyl/N-ethyl adjacent to an activating group) is 2. The Labute approximate surface area is 129 Å². The summed E-state index contributed by atoms with van der Waals surface area (Å²) in [5.41, 5.74) is 1.72. The second kappa shape index (κ2) is 7.61. The Morgan fingerprint density at radius 2 is 1.86 bits per heavy atom. The molecule has 2 aromatic rings. The van der Waals surface area contributed by atoms with Crippen LogP contribution in [0.1, 0.15) is 11.3 Å². The highest BCUT2D eigenvalue weighted by Gasteiger charge is 2.13. The monoisotopic (exact) mass is 302 g/mol. The van der Waals surface area contributed by atoms with Crippen molar-refractivity contribution in [1.82, 2.24) is 19.8 Å². The van der Waals surface area contributed by atoms with Crippen LogP contribution in [0.5, 0.6) is 0 Å². The van der Waals surface area contributed by atoms with Gasteiger partial charge >= 0.3 is 0 Å². The average Bonchev–Trinajstić information content (AvgIpc) is 2.50. The Kier molecular flexibility index (Phi) is 5.55. The van der Waals surface area contributed by atoms with Crippen LogP contribution in [0.25, 0.3) is 0 Å². The summed E-state index contributed by atoms with van der Waals surface area (Å²) in [5.74, 6) is -0.263. The minimum Gasteiger partial charge on any atom is -0.339 e. The highest BCUT2D eigenvalue weighted by Crippen LogP contribution is 2.06. The van der Waals surface area contributed by atoms with Gasteiger partial charge < -0.3 is 4.90 Å². The third kappa shape index (κ3) is 4.89. The maximum absolute atomic E-state index is 12.9. The summed E-state index contributed by atoms with van der Waals surface area (Å²) >= 11 is 0. The van der Waals surface area contributed by atoms with Gasteiger partial charge in [0.15, 0.2) is 0 Å². The Morgan fingerprint density at radius 1 is 1.14 bits per heavy atom. The highest BCUT2D eigenvalue weighted by molar-refractivity contribution is 5.77. The Balaban J connectivity index is 1.83. The summed E-state index contributed by atoms with van der Waals surface area (Å²) < 4.78 is 12.9. The van der Waals surface area contributed by atoms with E-state index in [1.165, 1.54) is 12.1 Å². The zero-order chi connectivity index (χ0) is 15.9. The number of benzene rings is 1. The molecule has 0 unspecified atom stereocenters. The summed E-state index contributed by atoms with van der Waals surface area (Å²) in [6.45, 7) is 1.30. The van der Waals surface area contributed by atoms with Crippen LogP contribution in [-0.4, -0.2) is 46.3 Å². The predicted octanol–water partition coefficient (Wildman–Crippen LogP) is 1.71. The fourth-order valence-electron chi connectivity index (χ4n) is 2.05. The summed E-state index contributed by atoms with van der Waals surface area (Å²) in [5, 5.41) is 0. The molecule has 0 aliphatic rings. The van der Waals surface area contributed by atoms with Crippen molar-refractivity contribution in [3.63, 3.8) is 0 Å². The molecule has 22 heavy (non-hydrogen) atoms. The molecule has 116 valence electrons. The van der Waals surface area contributed by atoms with Gasteiger partial charge in [-0.3, -0.25) is 19.7 Å². The lowest BCUT2D eigenvalue weighted by Gasteiger charge is -2.21. The lowest BCUT2D eigenvalue weighted by molar-refractivity contribution is -0.131. The van der Waals surface area contributed by atoms with Gasteiger partial charge in [-0.2, -0.15) is 0 Å². The standard InChI is InChI=1S/C16H19FN4O/c1-20(10-13-3-5-14(17)6-4-13)12-16(22)21(2)11-15-9-18-7-8-19-15/h3-9H,10-12H2,1-2H3. The molecule has 0 spiro atoms. The molecule has 0 fully saturated rings. The van der Waals surface area contributed by atoms with Crippen molar-refractivity contribution < 1.29 is 9.18 Å². The fraction of sp³-hybridized carbons (Fsp3) is 0.312. The maximum Gasteiger partial charge on any atom is 0.236 e. The Morgan fingerprint density at radius 3 is 2.50 bits per heavy atom. The molecule has 0 saturated carbocycles. The molecular weight excluding hydrogens is 283 g/mol. The van der Waals surface area contributed by atoms with Crippen molar-refractivity contribution in [3.8, 4) is 0 Å². The summed E-state index contributed by atoms with van der Waals surface area (Å²) in [6.07, 6.45) is 4.85. The fourth-order valence-corrected chi connectivity index (χ4v) is 2.05. The zero-order valence-electron chi connectivity index (χ0n) is 12.7. The third-order valence-electron chi connectivity index (χ3n) is 3.21. The van der Waals surface area contributed by atoms with Gasteiger partial charge in [-0.05, 0) is 24.7 Å². The molecular formula is C16H19FN4O. The summed E-state index contributed by atoms with van der Waals surface area (Å²) in [4.78, 5) is 23.8. The first kappa shape index (κ1) is 16.0. The van der Waals surface area contributed by atoms with E-state index in [0.29, 0.717) is 13.1 Å². The molecule has 6 heteroatoms. The number of aromatic nitrogens is 2. The minimum atomic E-state index is -0.258. The topological polar surface area (TPSA) is 49.3 Å². The third-order valence-corrected chi connectivity index (χ3v) is 3.21. The van der Waals surface area contributed by atoms with Crippen LogP contribution in [-0.2, 0) is 17.9 Å². The van der Waals surface area contributed by atoms with Crippen molar-refractivity contribution in [2.75, 3.05) is 20.6 Å². The highest BCUT2D eigenvalue weighted by atomic mass is 19.1. The van der Waals surface area contributed by atoms with E-state index < -0.39 is 0 Å². The number of nitrogens with zero attached hydrogens (tertiary/aromatic N) is 4. The van der Waals surface area contributed by atoms with Crippen LogP contribution in [0.4, 0.5) is 4.39 Å². The molecule has 1 aromatic heterocycles. The Hall–Kier alpha value is -2.34. The first-order valence-electron chi connectivity index (χ1n) is 6.96. The molecule has 0 aliphatic heterocycles.